The van der Waals surface area contributed by atoms with Crippen LogP contribution in [0.1, 0.15) is 45.4 Å². The van der Waals surface area contributed by atoms with Gasteiger partial charge in [-0.3, -0.25) is 4.21 Å². The van der Waals surface area contributed by atoms with Gasteiger partial charge in [-0.25, -0.2) is 0 Å². The minimum absolute atomic E-state index is 0.619. The lowest BCUT2D eigenvalue weighted by Gasteiger charge is -2.28. The summed E-state index contributed by atoms with van der Waals surface area (Å²) in [6, 6.07) is 0.734. The van der Waals surface area contributed by atoms with E-state index in [0.717, 1.165) is 30.7 Å². The zero-order valence-electron chi connectivity index (χ0n) is 10.1. The van der Waals surface area contributed by atoms with Crippen LogP contribution in [0.3, 0.4) is 0 Å². The fraction of sp³-hybridized carbons (Fsp3) is 1.00. The van der Waals surface area contributed by atoms with E-state index in [-0.39, 0.29) is 0 Å². The number of hydrogen-bond acceptors (Lipinski definition) is 2. The van der Waals surface area contributed by atoms with E-state index in [1.807, 2.05) is 0 Å². The van der Waals surface area contributed by atoms with Gasteiger partial charge in [0.2, 0.25) is 0 Å². The van der Waals surface area contributed by atoms with E-state index in [2.05, 4.69) is 12.2 Å². The average Bonchev–Trinajstić information content (AvgIpc) is 2.25. The molecule has 0 aromatic rings. The van der Waals surface area contributed by atoms with Gasteiger partial charge in [-0.05, 0) is 44.6 Å². The molecular formula is C12H25NOS. The van der Waals surface area contributed by atoms with Crippen LogP contribution in [0.15, 0.2) is 0 Å². The highest BCUT2D eigenvalue weighted by Crippen LogP contribution is 2.26. The maximum Gasteiger partial charge on any atom is 0.0244 e. The number of hydrogen-bond donors (Lipinski definition) is 1. The lowest BCUT2D eigenvalue weighted by molar-refractivity contribution is 0.287. The third kappa shape index (κ3) is 5.67. The highest BCUT2D eigenvalue weighted by molar-refractivity contribution is 7.84. The molecule has 3 heteroatoms. The molecule has 1 unspecified atom stereocenters. The molecule has 15 heavy (non-hydrogen) atoms. The molecule has 1 N–H and O–H groups in total. The van der Waals surface area contributed by atoms with Gasteiger partial charge in [-0.1, -0.05) is 13.3 Å². The summed E-state index contributed by atoms with van der Waals surface area (Å²) in [5.41, 5.74) is 0. The Balaban J connectivity index is 2.01. The van der Waals surface area contributed by atoms with Crippen LogP contribution in [0.2, 0.25) is 0 Å². The molecule has 1 rings (SSSR count). The summed E-state index contributed by atoms with van der Waals surface area (Å²) in [6.45, 7) is 3.34. The first-order chi connectivity index (χ1) is 7.22. The maximum absolute atomic E-state index is 10.9. The van der Waals surface area contributed by atoms with Crippen molar-refractivity contribution >= 4 is 10.8 Å². The Morgan fingerprint density at radius 1 is 1.27 bits per heavy atom. The largest absolute Gasteiger partial charge is 0.314 e. The Hall–Kier alpha value is 0.110. The van der Waals surface area contributed by atoms with E-state index in [0.29, 0.717) is 0 Å². The van der Waals surface area contributed by atoms with E-state index in [9.17, 15) is 4.21 Å². The predicted molar refractivity (Wildman–Crippen MR) is 67.6 cm³/mol. The summed E-state index contributed by atoms with van der Waals surface area (Å²) in [6.07, 6.45) is 9.66. The first kappa shape index (κ1) is 13.2. The lowest BCUT2D eigenvalue weighted by atomic mass is 9.84. The molecule has 0 amide bonds. The highest BCUT2D eigenvalue weighted by atomic mass is 32.2. The standard InChI is InChI=1S/C12H25NOS/c1-3-11-5-7-12(8-6-11)13-9-4-10-15(2)14/h11-13H,3-10H2,1-2H3. The summed E-state index contributed by atoms with van der Waals surface area (Å²) in [7, 11) is -0.619. The molecule has 0 saturated heterocycles. The van der Waals surface area contributed by atoms with Crippen molar-refractivity contribution in [1.82, 2.24) is 5.32 Å². The van der Waals surface area contributed by atoms with Gasteiger partial charge in [0.25, 0.3) is 0 Å². The van der Waals surface area contributed by atoms with Crippen molar-refractivity contribution < 1.29 is 4.21 Å². The summed E-state index contributed by atoms with van der Waals surface area (Å²) >= 11 is 0. The second kappa shape index (κ2) is 7.39. The third-order valence-corrected chi connectivity index (χ3v) is 4.33. The Labute approximate surface area is 96.7 Å². The minimum atomic E-state index is -0.619. The fourth-order valence-corrected chi connectivity index (χ4v) is 2.91. The molecule has 0 aromatic heterocycles. The molecule has 2 nitrogen and oxygen atoms in total. The molecule has 90 valence electrons. The average molecular weight is 231 g/mol. The Kier molecular flexibility index (Phi) is 6.50. The van der Waals surface area contributed by atoms with Crippen molar-refractivity contribution in [3.63, 3.8) is 0 Å². The molecule has 1 fully saturated rings. The monoisotopic (exact) mass is 231 g/mol. The summed E-state index contributed by atoms with van der Waals surface area (Å²) in [5.74, 6) is 1.82. The van der Waals surface area contributed by atoms with Crippen LogP contribution < -0.4 is 5.32 Å². The van der Waals surface area contributed by atoms with Crippen LogP contribution >= 0.6 is 0 Å². The smallest absolute Gasteiger partial charge is 0.0244 e. The fourth-order valence-electron chi connectivity index (χ4n) is 2.36. The molecule has 0 spiro atoms. The molecule has 0 heterocycles. The Morgan fingerprint density at radius 2 is 1.93 bits per heavy atom. The molecular weight excluding hydrogens is 206 g/mol. The van der Waals surface area contributed by atoms with Crippen molar-refractivity contribution in [3.05, 3.63) is 0 Å². The molecule has 1 aliphatic rings. The topological polar surface area (TPSA) is 29.1 Å². The first-order valence-corrected chi connectivity index (χ1v) is 7.98. The summed E-state index contributed by atoms with van der Waals surface area (Å²) in [5, 5.41) is 3.59. The van der Waals surface area contributed by atoms with Gasteiger partial charge < -0.3 is 5.32 Å². The van der Waals surface area contributed by atoms with Crippen molar-refractivity contribution in [2.24, 2.45) is 5.92 Å². The van der Waals surface area contributed by atoms with Gasteiger partial charge in [0.1, 0.15) is 0 Å². The van der Waals surface area contributed by atoms with Crippen molar-refractivity contribution in [1.29, 1.82) is 0 Å². The van der Waals surface area contributed by atoms with E-state index >= 15 is 0 Å². The van der Waals surface area contributed by atoms with E-state index in [4.69, 9.17) is 0 Å². The molecule has 0 radical (unpaired) electrons. The van der Waals surface area contributed by atoms with Crippen molar-refractivity contribution in [2.45, 2.75) is 51.5 Å². The van der Waals surface area contributed by atoms with Crippen molar-refractivity contribution in [3.8, 4) is 0 Å². The normalized spacial score (nSPS) is 28.9. The second-order valence-electron chi connectivity index (χ2n) is 4.71. The molecule has 1 saturated carbocycles. The van der Waals surface area contributed by atoms with Crippen LogP contribution in [-0.2, 0) is 10.8 Å². The molecule has 0 bridgehead atoms. The van der Waals surface area contributed by atoms with Gasteiger partial charge in [-0.15, -0.1) is 0 Å². The minimum Gasteiger partial charge on any atom is -0.314 e. The summed E-state index contributed by atoms with van der Waals surface area (Å²) in [4.78, 5) is 0. The van der Waals surface area contributed by atoms with Crippen LogP contribution in [0.25, 0.3) is 0 Å². The molecule has 1 atom stereocenters. The Morgan fingerprint density at radius 3 is 2.47 bits per heavy atom. The maximum atomic E-state index is 10.9. The predicted octanol–water partition coefficient (Wildman–Crippen LogP) is 2.31. The van der Waals surface area contributed by atoms with Crippen LogP contribution in [0.5, 0.6) is 0 Å². The van der Waals surface area contributed by atoms with E-state index in [1.54, 1.807) is 6.26 Å². The van der Waals surface area contributed by atoms with Crippen LogP contribution in [0.4, 0.5) is 0 Å². The van der Waals surface area contributed by atoms with Crippen LogP contribution in [0, 0.1) is 5.92 Å². The van der Waals surface area contributed by atoms with Gasteiger partial charge >= 0.3 is 0 Å². The quantitative estimate of drug-likeness (QED) is 0.711. The summed E-state index contributed by atoms with van der Waals surface area (Å²) < 4.78 is 10.9. The number of rotatable bonds is 6. The molecule has 0 aliphatic heterocycles. The molecule has 1 aliphatic carbocycles. The van der Waals surface area contributed by atoms with E-state index < -0.39 is 10.8 Å². The SMILES string of the molecule is CCC1CCC(NCCCS(C)=O)CC1. The van der Waals surface area contributed by atoms with Gasteiger partial charge in [0, 0.05) is 28.9 Å². The van der Waals surface area contributed by atoms with Crippen molar-refractivity contribution in [2.75, 3.05) is 18.6 Å². The van der Waals surface area contributed by atoms with Gasteiger partial charge in [0.15, 0.2) is 0 Å². The second-order valence-corrected chi connectivity index (χ2v) is 6.27. The number of nitrogens with one attached hydrogen (secondary N) is 1. The molecule has 0 aromatic carbocycles. The lowest BCUT2D eigenvalue weighted by Crippen LogP contribution is -2.34. The Bertz CT molecular complexity index is 188. The van der Waals surface area contributed by atoms with Crippen LogP contribution in [-0.4, -0.2) is 28.8 Å². The van der Waals surface area contributed by atoms with E-state index in [1.165, 1.54) is 32.1 Å². The van der Waals surface area contributed by atoms with Gasteiger partial charge in [0.05, 0.1) is 0 Å². The highest BCUT2D eigenvalue weighted by Gasteiger charge is 2.18. The third-order valence-electron chi connectivity index (χ3n) is 3.47. The zero-order valence-corrected chi connectivity index (χ0v) is 10.9. The first-order valence-electron chi connectivity index (χ1n) is 6.25. The zero-order chi connectivity index (χ0) is 11.1. The van der Waals surface area contributed by atoms with Gasteiger partial charge in [-0.2, -0.15) is 0 Å².